The highest BCUT2D eigenvalue weighted by molar-refractivity contribution is 7.89. The summed E-state index contributed by atoms with van der Waals surface area (Å²) in [5.41, 5.74) is 10.2. The van der Waals surface area contributed by atoms with Crippen molar-refractivity contribution < 1.29 is 28.1 Å². The number of ether oxygens (including phenoxy) is 2. The molecular weight excluding hydrogens is 594 g/mol. The van der Waals surface area contributed by atoms with Crippen LogP contribution in [0.4, 0.5) is 5.95 Å². The zero-order chi connectivity index (χ0) is 31.6. The van der Waals surface area contributed by atoms with Crippen molar-refractivity contribution in [3.05, 3.63) is 119 Å². The van der Waals surface area contributed by atoms with E-state index in [1.165, 1.54) is 11.7 Å². The molecule has 234 valence electrons. The molecule has 2 aromatic heterocycles. The number of hydrogen-bond donors (Lipinski definition) is 3. The smallest absolute Gasteiger partial charge is 0.204 e. The van der Waals surface area contributed by atoms with E-state index >= 15 is 0 Å². The van der Waals surface area contributed by atoms with Crippen molar-refractivity contribution in [3.63, 3.8) is 0 Å². The Hall–Kier alpha value is -4.20. The highest BCUT2D eigenvalue weighted by Gasteiger charge is 2.45. The Bertz CT molecular complexity index is 1820. The van der Waals surface area contributed by atoms with E-state index in [0.29, 0.717) is 23.2 Å². The summed E-state index contributed by atoms with van der Waals surface area (Å²) in [6, 6.07) is 28.8. The summed E-state index contributed by atoms with van der Waals surface area (Å²) in [7, 11) is -2.22. The fraction of sp³-hybridized carbons (Fsp3) is 0.303. The van der Waals surface area contributed by atoms with Gasteiger partial charge in [0.2, 0.25) is 5.95 Å². The predicted molar refractivity (Wildman–Crippen MR) is 169 cm³/mol. The third-order valence-corrected chi connectivity index (χ3v) is 9.46. The summed E-state index contributed by atoms with van der Waals surface area (Å²) >= 11 is 0. The number of sulfone groups is 1. The number of nitrogen functional groups attached to an aromatic ring is 1. The second kappa shape index (κ2) is 13.0. The second-order valence-corrected chi connectivity index (χ2v) is 13.3. The van der Waals surface area contributed by atoms with Crippen LogP contribution in [0.3, 0.4) is 0 Å². The molecule has 4 N–H and O–H groups in total. The van der Waals surface area contributed by atoms with Gasteiger partial charge in [-0.15, -0.1) is 0 Å². The minimum absolute atomic E-state index is 0.0184. The number of rotatable bonds is 11. The van der Waals surface area contributed by atoms with Crippen LogP contribution in [0, 0.1) is 0 Å². The van der Waals surface area contributed by atoms with Gasteiger partial charge in [0, 0.05) is 19.4 Å². The van der Waals surface area contributed by atoms with Crippen molar-refractivity contribution in [1.29, 1.82) is 0 Å². The number of aromatic nitrogens is 4. The molecule has 1 aliphatic rings. The Morgan fingerprint density at radius 2 is 1.47 bits per heavy atom. The maximum Gasteiger partial charge on any atom is 0.204 e. The first-order valence-corrected chi connectivity index (χ1v) is 16.4. The third-order valence-electron chi connectivity index (χ3n) is 7.99. The summed E-state index contributed by atoms with van der Waals surface area (Å²) < 4.78 is 39.3. The van der Waals surface area contributed by atoms with Crippen LogP contribution in [0.2, 0.25) is 0 Å². The van der Waals surface area contributed by atoms with Crippen LogP contribution in [0.1, 0.15) is 40.4 Å². The highest BCUT2D eigenvalue weighted by Crippen LogP contribution is 2.36. The van der Waals surface area contributed by atoms with Crippen molar-refractivity contribution in [1.82, 2.24) is 19.5 Å². The monoisotopic (exact) mass is 629 g/mol. The van der Waals surface area contributed by atoms with E-state index in [1.54, 1.807) is 24.3 Å². The number of imidazole rings is 1. The first-order valence-electron chi connectivity index (χ1n) is 14.6. The molecule has 0 radical (unpaired) electrons. The van der Waals surface area contributed by atoms with Crippen LogP contribution in [0.25, 0.3) is 11.2 Å². The van der Waals surface area contributed by atoms with E-state index in [2.05, 4.69) is 9.97 Å². The molecule has 0 saturated carbocycles. The lowest BCUT2D eigenvalue weighted by Gasteiger charge is -2.20. The molecule has 4 atom stereocenters. The lowest BCUT2D eigenvalue weighted by Crippen LogP contribution is -2.33. The molecule has 0 unspecified atom stereocenters. The molecule has 0 amide bonds. The average molecular weight is 630 g/mol. The number of nitrogens with zero attached hydrogens (tertiary/aromatic N) is 4. The average Bonchev–Trinajstić information content (AvgIpc) is 3.51. The second-order valence-electron chi connectivity index (χ2n) is 11.2. The quantitative estimate of drug-likeness (QED) is 0.198. The van der Waals surface area contributed by atoms with Crippen molar-refractivity contribution in [2.45, 2.75) is 48.4 Å². The molecule has 12 heteroatoms. The molecular formula is C33H35N5O6S. The topological polar surface area (TPSA) is 163 Å². The maximum absolute atomic E-state index is 13.4. The fourth-order valence-electron chi connectivity index (χ4n) is 5.87. The summed E-state index contributed by atoms with van der Waals surface area (Å²) in [4.78, 5) is 14.0. The Labute approximate surface area is 261 Å². The molecule has 1 aliphatic heterocycles. The van der Waals surface area contributed by atoms with Crippen LogP contribution in [0.15, 0.2) is 91.0 Å². The molecule has 0 spiro atoms. The third kappa shape index (κ3) is 6.60. The van der Waals surface area contributed by atoms with E-state index in [0.717, 1.165) is 11.1 Å². The van der Waals surface area contributed by atoms with Gasteiger partial charge in [0.1, 0.15) is 35.4 Å². The Balaban J connectivity index is 1.47. The van der Waals surface area contributed by atoms with Gasteiger partial charge in [0.05, 0.1) is 18.1 Å². The lowest BCUT2D eigenvalue weighted by atomic mass is 9.87. The minimum Gasteiger partial charge on any atom is -0.387 e. The molecule has 11 nitrogen and oxygen atoms in total. The zero-order valence-corrected chi connectivity index (χ0v) is 25.5. The Morgan fingerprint density at radius 3 is 2.07 bits per heavy atom. The number of methoxy groups -OCH3 is 1. The van der Waals surface area contributed by atoms with Gasteiger partial charge in [-0.3, -0.25) is 4.57 Å². The van der Waals surface area contributed by atoms with Crippen LogP contribution >= 0.6 is 0 Å². The molecule has 0 aliphatic carbocycles. The van der Waals surface area contributed by atoms with E-state index in [1.807, 2.05) is 66.7 Å². The van der Waals surface area contributed by atoms with E-state index in [4.69, 9.17) is 20.2 Å². The van der Waals surface area contributed by atoms with Crippen LogP contribution in [-0.4, -0.2) is 70.2 Å². The number of hydrogen-bond acceptors (Lipinski definition) is 10. The standard InChI is InChI=1S/C33H35N5O6S/c1-43-18-26-29(39)30(40)32(44-26)38-31-28(37-33(38)34)25(17-24(22-13-7-3-8-14-22)23-15-9-4-10-16-23)35-27(36-31)20-45(41,42)19-21-11-5-2-6-12-21/h2-16,24,26,29-30,32,39-40H,17-20H2,1H3,(H2,34,37)/t26-,29-,30-,32-/m1/s1. The molecule has 1 fully saturated rings. The SMILES string of the molecule is COC[C@H]1O[C@@H](n2c(N)nc3c(CC(c4ccccc4)c4ccccc4)nc(CS(=O)(=O)Cc4ccccc4)nc32)[C@H](O)[C@@H]1O. The number of aliphatic hydroxyl groups excluding tert-OH is 2. The van der Waals surface area contributed by atoms with Gasteiger partial charge in [0.25, 0.3) is 0 Å². The zero-order valence-electron chi connectivity index (χ0n) is 24.7. The summed E-state index contributed by atoms with van der Waals surface area (Å²) in [6.07, 6.45) is -4.22. The van der Waals surface area contributed by atoms with Crippen molar-refractivity contribution in [3.8, 4) is 0 Å². The van der Waals surface area contributed by atoms with Crippen molar-refractivity contribution in [2.75, 3.05) is 19.5 Å². The molecule has 6 rings (SSSR count). The number of nitrogens with two attached hydrogens (primary N) is 1. The molecule has 3 aromatic carbocycles. The number of anilines is 1. The van der Waals surface area contributed by atoms with Crippen LogP contribution < -0.4 is 5.73 Å². The molecule has 3 heterocycles. The predicted octanol–water partition coefficient (Wildman–Crippen LogP) is 3.16. The summed E-state index contributed by atoms with van der Waals surface area (Å²) in [5, 5.41) is 21.6. The largest absolute Gasteiger partial charge is 0.387 e. The maximum atomic E-state index is 13.4. The first kappa shape index (κ1) is 30.8. The Morgan fingerprint density at radius 1 is 0.867 bits per heavy atom. The summed E-state index contributed by atoms with van der Waals surface area (Å²) in [6.45, 7) is 0.0420. The van der Waals surface area contributed by atoms with E-state index in [9.17, 15) is 18.6 Å². The normalized spacial score (nSPS) is 20.3. The van der Waals surface area contributed by atoms with Gasteiger partial charge < -0.3 is 25.4 Å². The van der Waals surface area contributed by atoms with Crippen LogP contribution in [0.5, 0.6) is 0 Å². The lowest BCUT2D eigenvalue weighted by molar-refractivity contribution is -0.0571. The summed E-state index contributed by atoms with van der Waals surface area (Å²) in [5.74, 6) is -0.712. The number of fused-ring (bicyclic) bond motifs is 1. The van der Waals surface area contributed by atoms with Crippen molar-refractivity contribution >= 4 is 26.9 Å². The number of benzene rings is 3. The minimum atomic E-state index is -3.69. The van der Waals surface area contributed by atoms with Crippen LogP contribution in [-0.2, 0) is 37.2 Å². The van der Waals surface area contributed by atoms with E-state index < -0.39 is 40.1 Å². The molecule has 45 heavy (non-hydrogen) atoms. The van der Waals surface area contributed by atoms with Gasteiger partial charge >= 0.3 is 0 Å². The first-order chi connectivity index (χ1) is 21.7. The fourth-order valence-corrected chi connectivity index (χ4v) is 7.19. The van der Waals surface area contributed by atoms with Gasteiger partial charge in [-0.25, -0.2) is 23.4 Å². The molecule has 0 bridgehead atoms. The Kier molecular flexibility index (Phi) is 8.92. The van der Waals surface area contributed by atoms with Gasteiger partial charge in [-0.05, 0) is 16.7 Å². The number of aliphatic hydroxyl groups is 2. The van der Waals surface area contributed by atoms with Gasteiger partial charge in [-0.1, -0.05) is 91.0 Å². The molecule has 5 aromatic rings. The van der Waals surface area contributed by atoms with E-state index in [-0.39, 0.29) is 35.7 Å². The van der Waals surface area contributed by atoms with Crippen molar-refractivity contribution in [2.24, 2.45) is 0 Å². The van der Waals surface area contributed by atoms with Gasteiger partial charge in [0.15, 0.2) is 21.7 Å². The molecule has 1 saturated heterocycles. The van der Waals surface area contributed by atoms with Gasteiger partial charge in [-0.2, -0.15) is 0 Å². The highest BCUT2D eigenvalue weighted by atomic mass is 32.2.